The summed E-state index contributed by atoms with van der Waals surface area (Å²) < 4.78 is 46.3. The number of benzene rings is 1. The fourth-order valence-electron chi connectivity index (χ4n) is 3.14. The molecule has 1 atom stereocenters. The van der Waals surface area contributed by atoms with Crippen molar-refractivity contribution in [1.82, 2.24) is 10.1 Å². The average Bonchev–Trinajstić information content (AvgIpc) is 3.32. The summed E-state index contributed by atoms with van der Waals surface area (Å²) in [7, 11) is -3.07. The van der Waals surface area contributed by atoms with Crippen molar-refractivity contribution in [2.24, 2.45) is 0 Å². The van der Waals surface area contributed by atoms with E-state index in [0.717, 1.165) is 18.2 Å². The van der Waals surface area contributed by atoms with Crippen molar-refractivity contribution < 1.29 is 36.7 Å². The topological polar surface area (TPSA) is 134 Å². The number of rotatable bonds is 10. The van der Waals surface area contributed by atoms with E-state index >= 15 is 0 Å². The summed E-state index contributed by atoms with van der Waals surface area (Å²) in [6.07, 6.45) is 3.74. The highest BCUT2D eigenvalue weighted by molar-refractivity contribution is 7.47. The van der Waals surface area contributed by atoms with Gasteiger partial charge in [0.25, 0.3) is 5.82 Å². The molecule has 0 spiro atoms. The Balaban J connectivity index is 1.39. The van der Waals surface area contributed by atoms with Crippen LogP contribution in [0.2, 0.25) is 0 Å². The number of phosphoric ester groups is 1. The maximum atomic E-state index is 13.0. The summed E-state index contributed by atoms with van der Waals surface area (Å²) in [6.45, 7) is -0.00628. The second-order valence-electron chi connectivity index (χ2n) is 7.47. The molecule has 3 N–H and O–H groups in total. The van der Waals surface area contributed by atoms with Crippen LogP contribution in [0.15, 0.2) is 71.5 Å². The fraction of sp³-hybridized carbons (Fsp3) is 0.174. The minimum atomic E-state index is -4.15. The number of nitrogens with zero attached hydrogens (tertiary/aromatic N) is 3. The van der Waals surface area contributed by atoms with Gasteiger partial charge < -0.3 is 14.2 Å². The Labute approximate surface area is 200 Å². The Morgan fingerprint density at radius 3 is 2.66 bits per heavy atom. The lowest BCUT2D eigenvalue weighted by Gasteiger charge is -2.09. The third-order valence-corrected chi connectivity index (χ3v) is 5.92. The van der Waals surface area contributed by atoms with E-state index in [4.69, 9.17) is 19.5 Å². The number of phosphoric acid groups is 1. The van der Waals surface area contributed by atoms with Crippen LogP contribution in [0.1, 0.15) is 16.8 Å². The number of pyridine rings is 2. The van der Waals surface area contributed by atoms with E-state index in [0.29, 0.717) is 29.3 Å². The molecule has 35 heavy (non-hydrogen) atoms. The van der Waals surface area contributed by atoms with Crippen LogP contribution in [0.4, 0.5) is 10.2 Å². The lowest BCUT2D eigenvalue weighted by molar-refractivity contribution is -0.711. The van der Waals surface area contributed by atoms with Gasteiger partial charge in [-0.1, -0.05) is 23.4 Å². The molecule has 182 valence electrons. The Bertz CT molecular complexity index is 1330. The van der Waals surface area contributed by atoms with Gasteiger partial charge in [0, 0.05) is 31.9 Å². The first-order valence-corrected chi connectivity index (χ1v) is 11.9. The number of aromatic nitrogens is 3. The van der Waals surface area contributed by atoms with Gasteiger partial charge in [0.2, 0.25) is 12.6 Å². The Morgan fingerprint density at radius 1 is 1.17 bits per heavy atom. The number of halogens is 1. The largest absolute Gasteiger partial charge is 0.475 e. The minimum absolute atomic E-state index is 0.260. The molecule has 10 nitrogen and oxygen atoms in total. The van der Waals surface area contributed by atoms with Gasteiger partial charge in [-0.25, -0.2) is 23.0 Å². The molecular formula is C23H23FN4O6P+. The molecule has 0 aliphatic heterocycles. The number of nitrogens with two attached hydrogens (primary N) is 1. The first kappa shape index (κ1) is 24.5. The highest BCUT2D eigenvalue weighted by Gasteiger charge is 2.22. The molecular weight excluding hydrogens is 478 g/mol. The predicted octanol–water partition coefficient (Wildman–Crippen LogP) is 3.64. The summed E-state index contributed by atoms with van der Waals surface area (Å²) in [6, 6.07) is 14.9. The van der Waals surface area contributed by atoms with E-state index in [1.54, 1.807) is 48.8 Å². The van der Waals surface area contributed by atoms with Gasteiger partial charge in [0.15, 0.2) is 5.76 Å². The molecule has 12 heteroatoms. The predicted molar refractivity (Wildman–Crippen MR) is 122 cm³/mol. The second kappa shape index (κ2) is 10.7. The molecule has 0 saturated heterocycles. The van der Waals surface area contributed by atoms with Gasteiger partial charge in [-0.2, -0.15) is 0 Å². The van der Waals surface area contributed by atoms with Gasteiger partial charge in [-0.05, 0) is 35.4 Å². The molecule has 1 aromatic carbocycles. The number of nitrogen functional groups attached to an aromatic ring is 1. The van der Waals surface area contributed by atoms with Crippen molar-refractivity contribution in [1.29, 1.82) is 0 Å². The van der Waals surface area contributed by atoms with E-state index in [2.05, 4.69) is 14.7 Å². The molecule has 1 unspecified atom stereocenters. The van der Waals surface area contributed by atoms with E-state index in [1.807, 2.05) is 6.07 Å². The molecule has 0 fully saturated rings. The number of hydrogen-bond donors (Lipinski definition) is 2. The van der Waals surface area contributed by atoms with Gasteiger partial charge in [-0.3, -0.25) is 10.3 Å². The Hall–Kier alpha value is -3.63. The van der Waals surface area contributed by atoms with Crippen molar-refractivity contribution >= 4 is 13.6 Å². The summed E-state index contributed by atoms with van der Waals surface area (Å²) in [5.74, 6) is 0.841. The van der Waals surface area contributed by atoms with Crippen molar-refractivity contribution in [2.75, 3.05) is 12.8 Å². The lowest BCUT2D eigenvalue weighted by Crippen LogP contribution is -2.38. The zero-order valence-electron chi connectivity index (χ0n) is 18.7. The monoisotopic (exact) mass is 501 g/mol. The highest BCUT2D eigenvalue weighted by Crippen LogP contribution is 2.41. The normalized spacial score (nSPS) is 12.9. The number of anilines is 1. The van der Waals surface area contributed by atoms with Crippen LogP contribution in [0.25, 0.3) is 11.3 Å². The quantitative estimate of drug-likeness (QED) is 0.247. The van der Waals surface area contributed by atoms with Gasteiger partial charge >= 0.3 is 7.82 Å². The zero-order valence-corrected chi connectivity index (χ0v) is 19.6. The smallest absolute Gasteiger partial charge is 0.473 e. The zero-order chi connectivity index (χ0) is 24.8. The molecule has 3 heterocycles. The molecule has 0 aliphatic rings. The van der Waals surface area contributed by atoms with Gasteiger partial charge in [0.1, 0.15) is 18.0 Å². The molecule has 4 rings (SSSR count). The molecule has 0 amide bonds. The van der Waals surface area contributed by atoms with Crippen LogP contribution in [0.5, 0.6) is 5.88 Å². The minimum Gasteiger partial charge on any atom is -0.473 e. The summed E-state index contributed by atoms with van der Waals surface area (Å²) in [4.78, 5) is 13.7. The van der Waals surface area contributed by atoms with Crippen LogP contribution in [0.3, 0.4) is 0 Å². The molecule has 0 saturated carbocycles. The van der Waals surface area contributed by atoms with E-state index < -0.39 is 7.82 Å². The Morgan fingerprint density at radius 2 is 1.94 bits per heavy atom. The average molecular weight is 501 g/mol. The highest BCUT2D eigenvalue weighted by atomic mass is 31.2. The maximum absolute atomic E-state index is 13.0. The van der Waals surface area contributed by atoms with Crippen LogP contribution in [0, 0.1) is 5.82 Å². The fourth-order valence-corrected chi connectivity index (χ4v) is 3.52. The van der Waals surface area contributed by atoms with E-state index in [9.17, 15) is 13.8 Å². The number of hydrogen-bond acceptors (Lipinski definition) is 8. The molecule has 4 aromatic rings. The van der Waals surface area contributed by atoms with Crippen molar-refractivity contribution in [2.45, 2.75) is 19.8 Å². The molecule has 0 aliphatic carbocycles. The second-order valence-corrected chi connectivity index (χ2v) is 9.03. The SMILES string of the molecule is COP(=O)(O)OC[n+]1cccc(-c2cc(Cc3ccc(OCc4ccc(F)cc4)nc3)no2)c1N. The van der Waals surface area contributed by atoms with Crippen LogP contribution >= 0.6 is 7.82 Å². The summed E-state index contributed by atoms with van der Waals surface area (Å²) >= 11 is 0. The van der Waals surface area contributed by atoms with E-state index in [1.165, 1.54) is 16.7 Å². The number of ether oxygens (including phenoxy) is 1. The molecule has 3 aromatic heterocycles. The van der Waals surface area contributed by atoms with Crippen LogP contribution in [-0.2, 0) is 33.4 Å². The van der Waals surface area contributed by atoms with Gasteiger partial charge in [-0.15, -0.1) is 0 Å². The standard InChI is InChI=1S/C23H22FN4O6P/c1-31-35(29,30)33-15-28-10-2-3-20(23(28)25)21-12-19(27-34-21)11-17-6-9-22(26-13-17)32-14-16-4-7-18(24)8-5-16/h2-10,12-13,25H,11,14-15H2,1H3,(H,29,30)/p+1. The molecule has 0 bridgehead atoms. The third kappa shape index (κ3) is 6.49. The van der Waals surface area contributed by atoms with Crippen LogP contribution in [-0.4, -0.2) is 22.1 Å². The van der Waals surface area contributed by atoms with E-state index in [-0.39, 0.29) is 25.0 Å². The molecule has 0 radical (unpaired) electrons. The summed E-state index contributed by atoms with van der Waals surface area (Å²) in [5, 5.41) is 4.10. The first-order valence-electron chi connectivity index (χ1n) is 10.4. The van der Waals surface area contributed by atoms with Crippen molar-refractivity contribution in [3.63, 3.8) is 0 Å². The third-order valence-electron chi connectivity index (χ3n) is 5.01. The maximum Gasteiger partial charge on any atom is 0.475 e. The first-order chi connectivity index (χ1) is 16.8. The summed E-state index contributed by atoms with van der Waals surface area (Å²) in [5.41, 5.74) is 9.11. The van der Waals surface area contributed by atoms with Crippen molar-refractivity contribution in [3.05, 3.63) is 89.6 Å². The van der Waals surface area contributed by atoms with Gasteiger partial charge in [0.05, 0.1) is 11.9 Å². The lowest BCUT2D eigenvalue weighted by atomic mass is 10.1. The van der Waals surface area contributed by atoms with Crippen LogP contribution < -0.4 is 15.0 Å². The van der Waals surface area contributed by atoms with Crippen molar-refractivity contribution in [3.8, 4) is 17.2 Å². The Kier molecular flexibility index (Phi) is 7.52.